The van der Waals surface area contributed by atoms with Crippen LogP contribution in [0.5, 0.6) is 11.6 Å². The van der Waals surface area contributed by atoms with Gasteiger partial charge in [-0.3, -0.25) is 0 Å². The second kappa shape index (κ2) is 5.79. The largest absolute Gasteiger partial charge is 0.437 e. The maximum Gasteiger partial charge on any atom is 0.232 e. The number of nitrogens with zero attached hydrogens (tertiary/aromatic N) is 2. The summed E-state index contributed by atoms with van der Waals surface area (Å²) in [6.07, 6.45) is 0. The van der Waals surface area contributed by atoms with Crippen LogP contribution in [0.15, 0.2) is 28.7 Å². The van der Waals surface area contributed by atoms with E-state index < -0.39 is 0 Å². The molecule has 0 aliphatic rings. The van der Waals surface area contributed by atoms with Crippen LogP contribution in [-0.4, -0.2) is 17.0 Å². The molecule has 0 atom stereocenters. The van der Waals surface area contributed by atoms with Crippen molar-refractivity contribution in [3.05, 3.63) is 38.6 Å². The predicted octanol–water partition coefficient (Wildman–Crippen LogP) is 5.25. The van der Waals surface area contributed by atoms with Gasteiger partial charge in [0.15, 0.2) is 0 Å². The Morgan fingerprint density at radius 3 is 2.86 bits per heavy atom. The summed E-state index contributed by atoms with van der Waals surface area (Å²) < 4.78 is 6.80. The number of halogens is 2. The second-order valence-electron chi connectivity index (χ2n) is 4.36. The van der Waals surface area contributed by atoms with Gasteiger partial charge in [0.2, 0.25) is 11.8 Å². The first-order valence-corrected chi connectivity index (χ1v) is 8.14. The molecule has 21 heavy (non-hydrogen) atoms. The maximum atomic E-state index is 6.17. The van der Waals surface area contributed by atoms with Crippen molar-refractivity contribution in [3.8, 4) is 11.6 Å². The molecule has 3 rings (SSSR count). The van der Waals surface area contributed by atoms with Crippen molar-refractivity contribution in [2.75, 3.05) is 12.4 Å². The summed E-state index contributed by atoms with van der Waals surface area (Å²) >= 11 is 11.2. The number of aromatic nitrogens is 2. The van der Waals surface area contributed by atoms with Gasteiger partial charge >= 0.3 is 0 Å². The van der Waals surface area contributed by atoms with E-state index in [0.717, 1.165) is 19.6 Å². The molecule has 0 spiro atoms. The highest BCUT2D eigenvalue weighted by Crippen LogP contribution is 2.36. The van der Waals surface area contributed by atoms with Gasteiger partial charge in [-0.05, 0) is 31.2 Å². The topological polar surface area (TPSA) is 47.0 Å². The van der Waals surface area contributed by atoms with E-state index in [-0.39, 0.29) is 0 Å². The summed E-state index contributed by atoms with van der Waals surface area (Å²) in [5, 5.41) is 4.36. The fourth-order valence-electron chi connectivity index (χ4n) is 1.86. The smallest absolute Gasteiger partial charge is 0.232 e. The van der Waals surface area contributed by atoms with E-state index in [0.29, 0.717) is 22.6 Å². The molecule has 0 aliphatic heterocycles. The third-order valence-electron chi connectivity index (χ3n) is 2.80. The molecule has 0 fully saturated rings. The van der Waals surface area contributed by atoms with Crippen LogP contribution < -0.4 is 10.1 Å². The van der Waals surface area contributed by atoms with E-state index in [1.807, 2.05) is 25.1 Å². The molecule has 2 heterocycles. The van der Waals surface area contributed by atoms with Crippen molar-refractivity contribution in [3.63, 3.8) is 0 Å². The minimum atomic E-state index is 0.494. The highest BCUT2D eigenvalue weighted by atomic mass is 79.9. The van der Waals surface area contributed by atoms with Crippen LogP contribution in [0.4, 0.5) is 5.95 Å². The van der Waals surface area contributed by atoms with Crippen molar-refractivity contribution in [1.82, 2.24) is 9.97 Å². The van der Waals surface area contributed by atoms with E-state index in [4.69, 9.17) is 16.3 Å². The summed E-state index contributed by atoms with van der Waals surface area (Å²) in [5.41, 5.74) is 0. The zero-order chi connectivity index (χ0) is 15.0. The third kappa shape index (κ3) is 2.97. The summed E-state index contributed by atoms with van der Waals surface area (Å²) in [7, 11) is 1.78. The Bertz CT molecular complexity index is 821. The number of thiophene rings is 1. The zero-order valence-corrected chi connectivity index (χ0v) is 14.4. The van der Waals surface area contributed by atoms with Gasteiger partial charge in [-0.25, -0.2) is 4.98 Å². The number of benzene rings is 1. The zero-order valence-electron chi connectivity index (χ0n) is 11.3. The number of fused-ring (bicyclic) bond motifs is 1. The molecule has 2 aromatic heterocycles. The van der Waals surface area contributed by atoms with Gasteiger partial charge in [0.25, 0.3) is 0 Å². The molecule has 0 amide bonds. The van der Waals surface area contributed by atoms with Gasteiger partial charge in [0.1, 0.15) is 10.6 Å². The number of nitrogens with one attached hydrogen (secondary N) is 1. The number of hydrogen-bond donors (Lipinski definition) is 1. The first kappa shape index (κ1) is 14.6. The van der Waals surface area contributed by atoms with Crippen molar-refractivity contribution < 1.29 is 4.74 Å². The maximum absolute atomic E-state index is 6.17. The average molecular weight is 385 g/mol. The first-order chi connectivity index (χ1) is 10.1. The minimum absolute atomic E-state index is 0.494. The van der Waals surface area contributed by atoms with Crippen molar-refractivity contribution >= 4 is 55.0 Å². The Balaban J connectivity index is 2.12. The molecule has 108 valence electrons. The average Bonchev–Trinajstić information content (AvgIpc) is 2.83. The molecule has 0 saturated heterocycles. The van der Waals surface area contributed by atoms with Gasteiger partial charge in [-0.1, -0.05) is 27.5 Å². The normalized spacial score (nSPS) is 10.9. The van der Waals surface area contributed by atoms with Crippen LogP contribution in [-0.2, 0) is 0 Å². The van der Waals surface area contributed by atoms with Crippen LogP contribution in [0.25, 0.3) is 10.2 Å². The van der Waals surface area contributed by atoms with Gasteiger partial charge in [0.05, 0.1) is 10.4 Å². The van der Waals surface area contributed by atoms with Gasteiger partial charge < -0.3 is 10.1 Å². The quantitative estimate of drug-likeness (QED) is 0.670. The lowest BCUT2D eigenvalue weighted by Gasteiger charge is -2.09. The molecule has 7 heteroatoms. The van der Waals surface area contributed by atoms with Crippen LogP contribution in [0.3, 0.4) is 0 Å². The van der Waals surface area contributed by atoms with Crippen molar-refractivity contribution in [1.29, 1.82) is 0 Å². The highest BCUT2D eigenvalue weighted by Gasteiger charge is 2.13. The SMILES string of the molecule is CNc1nc(Oc2cc(Br)ccc2Cl)c2cc(C)sc2n1. The van der Waals surface area contributed by atoms with Crippen LogP contribution >= 0.6 is 38.9 Å². The Labute approximate surface area is 139 Å². The first-order valence-electron chi connectivity index (χ1n) is 6.15. The van der Waals surface area contributed by atoms with Crippen molar-refractivity contribution in [2.24, 2.45) is 0 Å². The molecule has 0 aliphatic carbocycles. The molecular formula is C14H11BrClN3OS. The fourth-order valence-corrected chi connectivity index (χ4v) is 3.23. The number of ether oxygens (including phenoxy) is 1. The van der Waals surface area contributed by atoms with E-state index in [1.165, 1.54) is 0 Å². The monoisotopic (exact) mass is 383 g/mol. The van der Waals surface area contributed by atoms with Gasteiger partial charge in [-0.15, -0.1) is 11.3 Å². The standard InChI is InChI=1S/C14H11BrClN3OS/c1-7-5-9-12(18-14(17-2)19-13(9)21-7)20-11-6-8(15)3-4-10(11)16/h3-6H,1-2H3,(H,17,18,19). The van der Waals surface area contributed by atoms with Crippen LogP contribution in [0, 0.1) is 6.92 Å². The molecule has 0 radical (unpaired) electrons. The lowest BCUT2D eigenvalue weighted by atomic mass is 10.3. The number of rotatable bonds is 3. The summed E-state index contributed by atoms with van der Waals surface area (Å²) in [4.78, 5) is 10.9. The molecular weight excluding hydrogens is 374 g/mol. The Kier molecular flexibility index (Phi) is 4.01. The molecule has 3 aromatic rings. The Morgan fingerprint density at radius 1 is 1.29 bits per heavy atom. The van der Waals surface area contributed by atoms with E-state index in [1.54, 1.807) is 24.5 Å². The summed E-state index contributed by atoms with van der Waals surface area (Å²) in [6.45, 7) is 2.03. The second-order valence-corrected chi connectivity index (χ2v) is 6.91. The third-order valence-corrected chi connectivity index (χ3v) is 4.55. The highest BCUT2D eigenvalue weighted by molar-refractivity contribution is 9.10. The molecule has 0 unspecified atom stereocenters. The number of anilines is 1. The molecule has 0 saturated carbocycles. The number of hydrogen-bond acceptors (Lipinski definition) is 5. The van der Waals surface area contributed by atoms with Crippen molar-refractivity contribution in [2.45, 2.75) is 6.92 Å². The van der Waals surface area contributed by atoms with Crippen LogP contribution in [0.2, 0.25) is 5.02 Å². The molecule has 4 nitrogen and oxygen atoms in total. The van der Waals surface area contributed by atoms with Gasteiger partial charge in [0, 0.05) is 16.4 Å². The van der Waals surface area contributed by atoms with E-state index in [9.17, 15) is 0 Å². The fraction of sp³-hybridized carbons (Fsp3) is 0.143. The minimum Gasteiger partial charge on any atom is -0.437 e. The molecule has 1 aromatic carbocycles. The lowest BCUT2D eigenvalue weighted by molar-refractivity contribution is 0.469. The van der Waals surface area contributed by atoms with E-state index in [2.05, 4.69) is 31.2 Å². The Morgan fingerprint density at radius 2 is 2.10 bits per heavy atom. The molecule has 0 bridgehead atoms. The Hall–Kier alpha value is -1.37. The predicted molar refractivity (Wildman–Crippen MR) is 90.9 cm³/mol. The van der Waals surface area contributed by atoms with Gasteiger partial charge in [-0.2, -0.15) is 4.98 Å². The molecule has 1 N–H and O–H groups in total. The summed E-state index contributed by atoms with van der Waals surface area (Å²) in [5.74, 6) is 1.57. The van der Waals surface area contributed by atoms with Crippen LogP contribution in [0.1, 0.15) is 4.88 Å². The van der Waals surface area contributed by atoms with E-state index >= 15 is 0 Å². The number of aryl methyl sites for hydroxylation is 1. The lowest BCUT2D eigenvalue weighted by Crippen LogP contribution is -1.98. The summed E-state index contributed by atoms with van der Waals surface area (Å²) in [6, 6.07) is 7.46.